The molecule has 9 nitrogen and oxygen atoms in total. The lowest BCUT2D eigenvalue weighted by molar-refractivity contribution is 0.324. The van der Waals surface area contributed by atoms with Gasteiger partial charge in [0.05, 0.1) is 21.3 Å². The molecule has 0 radical (unpaired) electrons. The van der Waals surface area contributed by atoms with Gasteiger partial charge in [-0.1, -0.05) is 0 Å². The Morgan fingerprint density at radius 1 is 0.909 bits per heavy atom. The van der Waals surface area contributed by atoms with Crippen LogP contribution < -0.4 is 14.2 Å². The van der Waals surface area contributed by atoms with Gasteiger partial charge < -0.3 is 33.8 Å². The van der Waals surface area contributed by atoms with Crippen LogP contribution in [0.25, 0.3) is 6.08 Å². The van der Waals surface area contributed by atoms with Gasteiger partial charge in [0.15, 0.2) is 16.6 Å². The van der Waals surface area contributed by atoms with Gasteiger partial charge in [0.25, 0.3) is 0 Å². The minimum Gasteiger partial charge on any atom is -0.493 e. The van der Waals surface area contributed by atoms with Crippen molar-refractivity contribution < 1.29 is 42.9 Å². The van der Waals surface area contributed by atoms with Crippen molar-refractivity contribution in [2.24, 2.45) is 0 Å². The molecule has 11 heteroatoms. The minimum absolute atomic E-state index is 0.0659. The summed E-state index contributed by atoms with van der Waals surface area (Å²) in [5.41, 5.74) is 0.0659. The highest BCUT2D eigenvalue weighted by molar-refractivity contribution is 7.77. The molecule has 0 unspecified atom stereocenters. The normalized spacial score (nSPS) is 11.8. The van der Waals surface area contributed by atoms with Gasteiger partial charge >= 0.3 is 15.2 Å². The first-order chi connectivity index (χ1) is 10.0. The molecule has 0 saturated heterocycles. The SMILES string of the molecule is COc1cc(C=C(P(=O)(O)O)P(=O)(O)O)cc(OC)c1OC. The van der Waals surface area contributed by atoms with Gasteiger partial charge in [-0.3, -0.25) is 9.13 Å². The van der Waals surface area contributed by atoms with Crippen LogP contribution in [-0.4, -0.2) is 40.9 Å². The van der Waals surface area contributed by atoms with Gasteiger partial charge in [-0.2, -0.15) is 0 Å². The average molecular weight is 354 g/mol. The molecule has 0 bridgehead atoms. The van der Waals surface area contributed by atoms with Gasteiger partial charge in [-0.15, -0.1) is 0 Å². The molecule has 0 atom stereocenters. The molecule has 1 aromatic rings. The molecule has 0 saturated carbocycles. The summed E-state index contributed by atoms with van der Waals surface area (Å²) in [5, 5.41) is -1.30. The second-order valence-corrected chi connectivity index (χ2v) is 7.54. The fourth-order valence-corrected chi connectivity index (χ4v) is 3.66. The van der Waals surface area contributed by atoms with Crippen LogP contribution in [-0.2, 0) is 9.13 Å². The zero-order valence-electron chi connectivity index (χ0n) is 12.0. The van der Waals surface area contributed by atoms with E-state index in [0.717, 1.165) is 0 Å². The highest BCUT2D eigenvalue weighted by Crippen LogP contribution is 2.64. The molecule has 1 rings (SSSR count). The number of hydrogen-bond acceptors (Lipinski definition) is 5. The zero-order chi connectivity index (χ0) is 17.1. The lowest BCUT2D eigenvalue weighted by Gasteiger charge is -2.14. The van der Waals surface area contributed by atoms with Crippen molar-refractivity contribution in [3.05, 3.63) is 22.8 Å². The number of methoxy groups -OCH3 is 3. The van der Waals surface area contributed by atoms with E-state index in [-0.39, 0.29) is 22.8 Å². The van der Waals surface area contributed by atoms with Crippen molar-refractivity contribution in [1.29, 1.82) is 0 Å². The van der Waals surface area contributed by atoms with Crippen molar-refractivity contribution >= 4 is 21.3 Å². The van der Waals surface area contributed by atoms with E-state index >= 15 is 0 Å². The van der Waals surface area contributed by atoms with E-state index in [1.54, 1.807) is 0 Å². The molecule has 0 heterocycles. The Kier molecular flexibility index (Phi) is 5.81. The Hall–Kier alpha value is -1.34. The summed E-state index contributed by atoms with van der Waals surface area (Å²) in [6.45, 7) is 0. The number of ether oxygens (including phenoxy) is 3. The Morgan fingerprint density at radius 2 is 1.32 bits per heavy atom. The van der Waals surface area contributed by atoms with Crippen LogP contribution in [0.2, 0.25) is 0 Å². The van der Waals surface area contributed by atoms with Crippen LogP contribution in [0, 0.1) is 0 Å². The third kappa shape index (κ3) is 4.33. The summed E-state index contributed by atoms with van der Waals surface area (Å²) in [5.74, 6) is 0.573. The van der Waals surface area contributed by atoms with Crippen LogP contribution in [0.4, 0.5) is 0 Å². The van der Waals surface area contributed by atoms with E-state index in [9.17, 15) is 9.13 Å². The Bertz CT molecular complexity index is 621. The molecular formula is C11H16O9P2. The molecule has 4 N–H and O–H groups in total. The Balaban J connectivity index is 3.59. The summed E-state index contributed by atoms with van der Waals surface area (Å²) >= 11 is 0. The molecule has 0 aliphatic carbocycles. The predicted octanol–water partition coefficient (Wildman–Crippen LogP) is 1.37. The quantitative estimate of drug-likeness (QED) is 0.557. The molecule has 1 aromatic carbocycles. The van der Waals surface area contributed by atoms with E-state index in [0.29, 0.717) is 6.08 Å². The van der Waals surface area contributed by atoms with Crippen molar-refractivity contribution in [1.82, 2.24) is 0 Å². The average Bonchev–Trinajstić information content (AvgIpc) is 2.40. The number of hydrogen-bond donors (Lipinski definition) is 4. The third-order valence-electron chi connectivity index (χ3n) is 2.58. The van der Waals surface area contributed by atoms with Gasteiger partial charge in [0.1, 0.15) is 0 Å². The smallest absolute Gasteiger partial charge is 0.364 e. The lowest BCUT2D eigenvalue weighted by atomic mass is 10.2. The van der Waals surface area contributed by atoms with Crippen molar-refractivity contribution in [2.45, 2.75) is 0 Å². The van der Waals surface area contributed by atoms with E-state index in [1.807, 2.05) is 0 Å². The summed E-state index contributed by atoms with van der Waals surface area (Å²) < 4.78 is 37.7. The standard InChI is InChI=1S/C11H16O9P2/c1-18-8-4-7(5-9(19-2)11(8)20-3)6-10(21(12,13)14)22(15,16)17/h4-6H,1-3H3,(H2,12,13,14)(H2,15,16,17). The Labute approximate surface area is 126 Å². The first kappa shape index (κ1) is 18.7. The maximum absolute atomic E-state index is 11.3. The molecule has 0 aliphatic heterocycles. The zero-order valence-corrected chi connectivity index (χ0v) is 13.7. The largest absolute Gasteiger partial charge is 0.493 e. The minimum atomic E-state index is -5.14. The number of rotatable bonds is 6. The first-order valence-electron chi connectivity index (χ1n) is 5.68. The van der Waals surface area contributed by atoms with Crippen molar-refractivity contribution in [2.75, 3.05) is 21.3 Å². The third-order valence-corrected chi connectivity index (χ3v) is 5.59. The Morgan fingerprint density at radius 3 is 1.59 bits per heavy atom. The van der Waals surface area contributed by atoms with Gasteiger partial charge in [0, 0.05) is 0 Å². The molecule has 0 spiro atoms. The van der Waals surface area contributed by atoms with E-state index < -0.39 is 20.2 Å². The first-order valence-corrected chi connectivity index (χ1v) is 8.91. The van der Waals surface area contributed by atoms with Crippen molar-refractivity contribution in [3.8, 4) is 17.2 Å². The summed E-state index contributed by atoms with van der Waals surface area (Å²) in [6, 6.07) is 2.60. The number of benzene rings is 1. The molecular weight excluding hydrogens is 338 g/mol. The molecule has 22 heavy (non-hydrogen) atoms. The highest BCUT2D eigenvalue weighted by atomic mass is 31.2. The van der Waals surface area contributed by atoms with Crippen LogP contribution in [0.3, 0.4) is 0 Å². The molecule has 0 aliphatic rings. The maximum Gasteiger partial charge on any atom is 0.364 e. The molecule has 124 valence electrons. The van der Waals surface area contributed by atoms with Crippen LogP contribution >= 0.6 is 15.2 Å². The molecule has 0 fully saturated rings. The van der Waals surface area contributed by atoms with E-state index in [4.69, 9.17) is 33.8 Å². The van der Waals surface area contributed by atoms with Crippen molar-refractivity contribution in [3.63, 3.8) is 0 Å². The monoisotopic (exact) mass is 354 g/mol. The summed E-state index contributed by atoms with van der Waals surface area (Å²) in [7, 11) is -6.26. The van der Waals surface area contributed by atoms with Gasteiger partial charge in [0.2, 0.25) is 5.75 Å². The second kappa shape index (κ2) is 6.83. The predicted molar refractivity (Wildman–Crippen MR) is 78.2 cm³/mol. The fourth-order valence-electron chi connectivity index (χ4n) is 1.67. The van der Waals surface area contributed by atoms with Gasteiger partial charge in [-0.05, 0) is 23.8 Å². The molecule has 0 aromatic heterocycles. The summed E-state index contributed by atoms with van der Waals surface area (Å²) in [6.07, 6.45) is 0.700. The van der Waals surface area contributed by atoms with Gasteiger partial charge in [-0.25, -0.2) is 0 Å². The van der Waals surface area contributed by atoms with E-state index in [2.05, 4.69) is 0 Å². The second-order valence-electron chi connectivity index (χ2n) is 4.05. The van der Waals surface area contributed by atoms with Crippen LogP contribution in [0.15, 0.2) is 17.2 Å². The lowest BCUT2D eigenvalue weighted by Crippen LogP contribution is -1.96. The molecule has 0 amide bonds. The van der Waals surface area contributed by atoms with Crippen LogP contribution in [0.5, 0.6) is 17.2 Å². The maximum atomic E-state index is 11.3. The van der Waals surface area contributed by atoms with E-state index in [1.165, 1.54) is 33.5 Å². The van der Waals surface area contributed by atoms with Crippen LogP contribution in [0.1, 0.15) is 5.56 Å². The topological polar surface area (TPSA) is 143 Å². The summed E-state index contributed by atoms with van der Waals surface area (Å²) in [4.78, 5) is 36.4. The highest BCUT2D eigenvalue weighted by Gasteiger charge is 2.36. The fraction of sp³-hybridized carbons (Fsp3) is 0.273.